The average molecular weight is 239 g/mol. The third-order valence-electron chi connectivity index (χ3n) is 2.50. The van der Waals surface area contributed by atoms with Crippen LogP contribution >= 0.6 is 0 Å². The van der Waals surface area contributed by atoms with Gasteiger partial charge in [0, 0.05) is 25.4 Å². The molecule has 1 aromatic heterocycles. The lowest BCUT2D eigenvalue weighted by Crippen LogP contribution is -2.31. The minimum atomic E-state index is -0.0756. The van der Waals surface area contributed by atoms with Crippen molar-refractivity contribution < 1.29 is 9.84 Å². The molecule has 5 heteroatoms. The molecule has 1 rings (SSSR count). The number of ether oxygens (including phenoxy) is 1. The van der Waals surface area contributed by atoms with E-state index in [9.17, 15) is 5.11 Å². The van der Waals surface area contributed by atoms with Crippen molar-refractivity contribution >= 4 is 0 Å². The first-order valence-electron chi connectivity index (χ1n) is 5.66. The van der Waals surface area contributed by atoms with Gasteiger partial charge in [-0.1, -0.05) is 6.07 Å². The number of hydrogen-bond acceptors (Lipinski definition) is 5. The summed E-state index contributed by atoms with van der Waals surface area (Å²) < 4.78 is 4.99. The molecular weight excluding hydrogens is 218 g/mol. The van der Waals surface area contributed by atoms with E-state index in [1.54, 1.807) is 19.4 Å². The van der Waals surface area contributed by atoms with Crippen LogP contribution in [0.2, 0.25) is 0 Å². The maximum absolute atomic E-state index is 9.34. The number of likely N-dealkylation sites (N-methyl/N-ethyl adjacent to an activating group) is 1. The largest absolute Gasteiger partial charge is 0.481 e. The summed E-state index contributed by atoms with van der Waals surface area (Å²) in [5.74, 6) is 0.582. The Balaban J connectivity index is 2.53. The molecule has 17 heavy (non-hydrogen) atoms. The van der Waals surface area contributed by atoms with E-state index >= 15 is 0 Å². The van der Waals surface area contributed by atoms with E-state index in [1.807, 2.05) is 20.2 Å². The Labute approximate surface area is 102 Å². The van der Waals surface area contributed by atoms with Crippen molar-refractivity contribution in [3.05, 3.63) is 23.9 Å². The molecule has 96 valence electrons. The lowest BCUT2D eigenvalue weighted by Gasteiger charge is -2.18. The maximum Gasteiger partial charge on any atom is 0.212 e. The van der Waals surface area contributed by atoms with Gasteiger partial charge < -0.3 is 20.1 Å². The Hall–Kier alpha value is -1.17. The van der Waals surface area contributed by atoms with Gasteiger partial charge in [-0.15, -0.1) is 0 Å². The number of aliphatic hydroxyl groups excluding tert-OH is 1. The monoisotopic (exact) mass is 239 g/mol. The van der Waals surface area contributed by atoms with Crippen molar-refractivity contribution in [3.63, 3.8) is 0 Å². The molecule has 1 heterocycles. The normalized spacial score (nSPS) is 12.8. The highest BCUT2D eigenvalue weighted by Gasteiger charge is 2.10. The molecule has 0 saturated carbocycles. The van der Waals surface area contributed by atoms with Crippen molar-refractivity contribution in [2.75, 3.05) is 40.9 Å². The van der Waals surface area contributed by atoms with Gasteiger partial charge in [0.15, 0.2) is 0 Å². The second kappa shape index (κ2) is 7.21. The van der Waals surface area contributed by atoms with E-state index in [4.69, 9.17) is 4.74 Å². The van der Waals surface area contributed by atoms with Crippen LogP contribution in [-0.4, -0.2) is 55.9 Å². The lowest BCUT2D eigenvalue weighted by molar-refractivity contribution is 0.240. The quantitative estimate of drug-likeness (QED) is 0.715. The van der Waals surface area contributed by atoms with Crippen LogP contribution in [0.25, 0.3) is 0 Å². The van der Waals surface area contributed by atoms with Crippen molar-refractivity contribution in [1.29, 1.82) is 0 Å². The fourth-order valence-corrected chi connectivity index (χ4v) is 1.47. The van der Waals surface area contributed by atoms with Crippen LogP contribution in [-0.2, 0) is 0 Å². The number of pyridine rings is 1. The highest BCUT2D eigenvalue weighted by Crippen LogP contribution is 2.14. The second-order valence-electron chi connectivity index (χ2n) is 4.13. The van der Waals surface area contributed by atoms with Crippen LogP contribution in [0.5, 0.6) is 5.88 Å². The summed E-state index contributed by atoms with van der Waals surface area (Å²) in [6.07, 6.45) is 1.72. The van der Waals surface area contributed by atoms with Crippen LogP contribution in [0, 0.1) is 0 Å². The van der Waals surface area contributed by atoms with Gasteiger partial charge in [0.1, 0.15) is 0 Å². The minimum absolute atomic E-state index is 0.0570. The molecule has 0 amide bonds. The van der Waals surface area contributed by atoms with Crippen molar-refractivity contribution in [1.82, 2.24) is 15.2 Å². The summed E-state index contributed by atoms with van der Waals surface area (Å²) in [6.45, 7) is 1.81. The molecule has 0 fully saturated rings. The molecule has 1 atom stereocenters. The summed E-state index contributed by atoms with van der Waals surface area (Å²) in [4.78, 5) is 6.22. The predicted molar refractivity (Wildman–Crippen MR) is 67.2 cm³/mol. The SMILES string of the molecule is COc1ccc(C(CO)NCCN(C)C)cn1. The first kappa shape index (κ1) is 13.9. The topological polar surface area (TPSA) is 57.6 Å². The molecule has 0 spiro atoms. The molecule has 1 unspecified atom stereocenters. The zero-order valence-electron chi connectivity index (χ0n) is 10.7. The number of nitrogens with zero attached hydrogens (tertiary/aromatic N) is 2. The van der Waals surface area contributed by atoms with E-state index in [1.165, 1.54) is 0 Å². The molecule has 5 nitrogen and oxygen atoms in total. The third kappa shape index (κ3) is 4.68. The van der Waals surface area contributed by atoms with Crippen molar-refractivity contribution in [2.45, 2.75) is 6.04 Å². The standard InChI is InChI=1S/C12H21N3O2/c1-15(2)7-6-13-11(9-16)10-4-5-12(17-3)14-8-10/h4-5,8,11,13,16H,6-7,9H2,1-3H3. The third-order valence-corrected chi connectivity index (χ3v) is 2.50. The molecule has 0 aliphatic carbocycles. The van der Waals surface area contributed by atoms with E-state index in [0.29, 0.717) is 5.88 Å². The van der Waals surface area contributed by atoms with E-state index in [-0.39, 0.29) is 12.6 Å². The predicted octanol–water partition coefficient (Wildman–Crippen LogP) is 0.275. The number of rotatable bonds is 7. The number of aliphatic hydroxyl groups is 1. The van der Waals surface area contributed by atoms with Gasteiger partial charge in [0.2, 0.25) is 5.88 Å². The van der Waals surface area contributed by atoms with Gasteiger partial charge in [-0.2, -0.15) is 0 Å². The zero-order valence-corrected chi connectivity index (χ0v) is 10.7. The first-order valence-corrected chi connectivity index (χ1v) is 5.66. The Morgan fingerprint density at radius 3 is 2.71 bits per heavy atom. The zero-order chi connectivity index (χ0) is 12.7. The van der Waals surface area contributed by atoms with Crippen LogP contribution < -0.4 is 10.1 Å². The highest BCUT2D eigenvalue weighted by molar-refractivity contribution is 5.20. The number of aromatic nitrogens is 1. The van der Waals surface area contributed by atoms with Gasteiger partial charge in [0.05, 0.1) is 19.8 Å². The molecule has 0 aliphatic heterocycles. The lowest BCUT2D eigenvalue weighted by atomic mass is 10.1. The van der Waals surface area contributed by atoms with Gasteiger partial charge >= 0.3 is 0 Å². The molecule has 1 aromatic rings. The van der Waals surface area contributed by atoms with Crippen molar-refractivity contribution in [3.8, 4) is 5.88 Å². The minimum Gasteiger partial charge on any atom is -0.481 e. The number of hydrogen-bond donors (Lipinski definition) is 2. The molecular formula is C12H21N3O2. The highest BCUT2D eigenvalue weighted by atomic mass is 16.5. The Kier molecular flexibility index (Phi) is 5.90. The smallest absolute Gasteiger partial charge is 0.212 e. The summed E-state index contributed by atoms with van der Waals surface area (Å²) in [7, 11) is 5.62. The Morgan fingerprint density at radius 1 is 1.47 bits per heavy atom. The fourth-order valence-electron chi connectivity index (χ4n) is 1.47. The van der Waals surface area contributed by atoms with Gasteiger partial charge in [-0.3, -0.25) is 0 Å². The van der Waals surface area contributed by atoms with E-state index in [2.05, 4.69) is 15.2 Å². The van der Waals surface area contributed by atoms with Crippen LogP contribution in [0.4, 0.5) is 0 Å². The van der Waals surface area contributed by atoms with Crippen LogP contribution in [0.15, 0.2) is 18.3 Å². The number of nitrogens with one attached hydrogen (secondary N) is 1. The van der Waals surface area contributed by atoms with Crippen LogP contribution in [0.1, 0.15) is 11.6 Å². The first-order chi connectivity index (χ1) is 8.17. The summed E-state index contributed by atoms with van der Waals surface area (Å²) >= 11 is 0. The summed E-state index contributed by atoms with van der Waals surface area (Å²) in [5.41, 5.74) is 0.965. The Morgan fingerprint density at radius 2 is 2.24 bits per heavy atom. The second-order valence-corrected chi connectivity index (χ2v) is 4.13. The molecule has 0 radical (unpaired) electrons. The van der Waals surface area contributed by atoms with E-state index in [0.717, 1.165) is 18.7 Å². The van der Waals surface area contributed by atoms with E-state index < -0.39 is 0 Å². The molecule has 0 saturated heterocycles. The molecule has 0 bridgehead atoms. The summed E-state index contributed by atoms with van der Waals surface area (Å²) in [5, 5.41) is 12.6. The average Bonchev–Trinajstić information content (AvgIpc) is 2.34. The van der Waals surface area contributed by atoms with Gasteiger partial charge in [-0.05, 0) is 19.7 Å². The van der Waals surface area contributed by atoms with Gasteiger partial charge in [0.25, 0.3) is 0 Å². The molecule has 0 aliphatic rings. The molecule has 2 N–H and O–H groups in total. The fraction of sp³-hybridized carbons (Fsp3) is 0.583. The maximum atomic E-state index is 9.34. The Bertz CT molecular complexity index is 314. The van der Waals surface area contributed by atoms with Gasteiger partial charge in [-0.25, -0.2) is 4.98 Å². The molecule has 0 aromatic carbocycles. The summed E-state index contributed by atoms with van der Waals surface area (Å²) in [6, 6.07) is 3.63. The number of methoxy groups -OCH3 is 1. The van der Waals surface area contributed by atoms with Crippen molar-refractivity contribution in [2.24, 2.45) is 0 Å². The van der Waals surface area contributed by atoms with Crippen LogP contribution in [0.3, 0.4) is 0 Å².